The van der Waals surface area contributed by atoms with Gasteiger partial charge in [-0.25, -0.2) is 0 Å². The van der Waals surface area contributed by atoms with Gasteiger partial charge in [-0.2, -0.15) is 0 Å². The second kappa shape index (κ2) is 4.11. The Morgan fingerprint density at radius 1 is 1.06 bits per heavy atom. The van der Waals surface area contributed by atoms with E-state index in [0.29, 0.717) is 0 Å². The van der Waals surface area contributed by atoms with E-state index in [4.69, 9.17) is 4.74 Å². The number of benzene rings is 2. The fourth-order valence-corrected chi connectivity index (χ4v) is 2.07. The molecule has 0 bridgehead atoms. The summed E-state index contributed by atoms with van der Waals surface area (Å²) in [6, 6.07) is 15.2. The van der Waals surface area contributed by atoms with Gasteiger partial charge in [0.25, 0.3) is 0 Å². The Morgan fingerprint density at radius 2 is 1.94 bits per heavy atom. The van der Waals surface area contributed by atoms with Crippen LogP contribution in [-0.2, 0) is 0 Å². The first kappa shape index (κ1) is 10.7. The van der Waals surface area contributed by atoms with Gasteiger partial charge in [0.2, 0.25) is 0 Å². The van der Waals surface area contributed by atoms with Crippen molar-refractivity contribution in [2.75, 3.05) is 7.11 Å². The van der Waals surface area contributed by atoms with Crippen LogP contribution in [0.15, 0.2) is 48.5 Å². The van der Waals surface area contributed by atoms with E-state index in [9.17, 15) is 5.11 Å². The van der Waals surface area contributed by atoms with Crippen LogP contribution in [0.5, 0.6) is 11.5 Å². The number of rotatable bonds is 2. The van der Waals surface area contributed by atoms with Crippen LogP contribution in [0, 0.1) is 0 Å². The molecule has 0 radical (unpaired) electrons. The second-order valence-corrected chi connectivity index (χ2v) is 4.19. The van der Waals surface area contributed by atoms with Gasteiger partial charge in [-0.15, -0.1) is 0 Å². The van der Waals surface area contributed by atoms with Crippen LogP contribution in [0.3, 0.4) is 0 Å². The molecule has 0 aliphatic heterocycles. The number of hydrogen-bond acceptors (Lipinski definition) is 2. The Hall–Kier alpha value is -2.42. The van der Waals surface area contributed by atoms with E-state index < -0.39 is 0 Å². The highest BCUT2D eigenvalue weighted by Gasteiger charge is 2.04. The van der Waals surface area contributed by atoms with Crippen molar-refractivity contribution in [3.05, 3.63) is 48.5 Å². The molecule has 0 aliphatic rings. The molecule has 1 aromatic heterocycles. The third-order valence-electron chi connectivity index (χ3n) is 2.99. The van der Waals surface area contributed by atoms with Crippen LogP contribution >= 0.6 is 0 Å². The van der Waals surface area contributed by atoms with Crippen molar-refractivity contribution in [1.29, 1.82) is 0 Å². The lowest BCUT2D eigenvalue weighted by Crippen LogP contribution is -1.83. The molecular formula is C15H13NO2. The molecule has 0 fully saturated rings. The van der Waals surface area contributed by atoms with Crippen LogP contribution in [0.4, 0.5) is 0 Å². The summed E-state index contributed by atoms with van der Waals surface area (Å²) >= 11 is 0. The number of aromatic nitrogens is 1. The van der Waals surface area contributed by atoms with Crippen LogP contribution in [0.25, 0.3) is 22.2 Å². The summed E-state index contributed by atoms with van der Waals surface area (Å²) in [4.78, 5) is 3.32. The zero-order valence-corrected chi connectivity index (χ0v) is 9.97. The summed E-state index contributed by atoms with van der Waals surface area (Å²) < 4.78 is 5.22. The summed E-state index contributed by atoms with van der Waals surface area (Å²) in [5, 5.41) is 10.5. The number of H-pyrrole nitrogens is 1. The smallest absolute Gasteiger partial charge is 0.119 e. The molecule has 1 heterocycles. The molecule has 0 unspecified atom stereocenters. The van der Waals surface area contributed by atoms with E-state index in [1.807, 2.05) is 36.4 Å². The van der Waals surface area contributed by atoms with E-state index in [0.717, 1.165) is 27.9 Å². The zero-order valence-electron chi connectivity index (χ0n) is 9.97. The van der Waals surface area contributed by atoms with Gasteiger partial charge in [0.1, 0.15) is 11.5 Å². The molecule has 0 aliphatic carbocycles. The number of fused-ring (bicyclic) bond motifs is 1. The molecule has 3 aromatic rings. The minimum atomic E-state index is 0.277. The number of methoxy groups -OCH3 is 1. The van der Waals surface area contributed by atoms with Gasteiger partial charge in [0, 0.05) is 22.2 Å². The van der Waals surface area contributed by atoms with E-state index in [2.05, 4.69) is 4.98 Å². The highest BCUT2D eigenvalue weighted by molar-refractivity contribution is 5.87. The second-order valence-electron chi connectivity index (χ2n) is 4.19. The maximum Gasteiger partial charge on any atom is 0.119 e. The normalized spacial score (nSPS) is 10.7. The SMILES string of the molecule is COc1cccc(-c2cc3cc(O)ccc3[nH]2)c1. The lowest BCUT2D eigenvalue weighted by atomic mass is 10.1. The Morgan fingerprint density at radius 3 is 2.78 bits per heavy atom. The zero-order chi connectivity index (χ0) is 12.5. The van der Waals surface area contributed by atoms with E-state index in [-0.39, 0.29) is 5.75 Å². The topological polar surface area (TPSA) is 45.2 Å². The molecule has 0 saturated carbocycles. The number of phenols is 1. The van der Waals surface area contributed by atoms with Gasteiger partial charge in [-0.05, 0) is 36.4 Å². The molecule has 18 heavy (non-hydrogen) atoms. The van der Waals surface area contributed by atoms with Crippen molar-refractivity contribution in [1.82, 2.24) is 4.98 Å². The van der Waals surface area contributed by atoms with Crippen molar-refractivity contribution in [3.63, 3.8) is 0 Å². The Bertz CT molecular complexity index is 701. The third kappa shape index (κ3) is 1.80. The molecule has 0 atom stereocenters. The number of aromatic hydroxyl groups is 1. The number of aromatic amines is 1. The Labute approximate surface area is 105 Å². The minimum Gasteiger partial charge on any atom is -0.508 e. The molecular weight excluding hydrogens is 226 g/mol. The van der Waals surface area contributed by atoms with E-state index in [1.54, 1.807) is 19.2 Å². The Kier molecular flexibility index (Phi) is 2.45. The number of phenolic OH excluding ortho intramolecular Hbond substituents is 1. The average Bonchev–Trinajstić information content (AvgIpc) is 2.81. The molecule has 3 heteroatoms. The summed E-state index contributed by atoms with van der Waals surface area (Å²) in [5.74, 6) is 1.10. The molecule has 0 spiro atoms. The van der Waals surface area contributed by atoms with E-state index in [1.165, 1.54) is 0 Å². The molecule has 2 aromatic carbocycles. The summed E-state index contributed by atoms with van der Waals surface area (Å²) in [5.41, 5.74) is 3.07. The minimum absolute atomic E-state index is 0.277. The molecule has 90 valence electrons. The van der Waals surface area contributed by atoms with Gasteiger partial charge in [0.05, 0.1) is 7.11 Å². The highest BCUT2D eigenvalue weighted by atomic mass is 16.5. The molecule has 3 nitrogen and oxygen atoms in total. The lowest BCUT2D eigenvalue weighted by Gasteiger charge is -2.02. The fraction of sp³-hybridized carbons (Fsp3) is 0.0667. The quantitative estimate of drug-likeness (QED) is 0.718. The van der Waals surface area contributed by atoms with Gasteiger partial charge in [-0.3, -0.25) is 0 Å². The van der Waals surface area contributed by atoms with Crippen molar-refractivity contribution >= 4 is 10.9 Å². The van der Waals surface area contributed by atoms with Crippen LogP contribution in [0.1, 0.15) is 0 Å². The molecule has 0 saturated heterocycles. The van der Waals surface area contributed by atoms with Crippen molar-refractivity contribution in [3.8, 4) is 22.8 Å². The van der Waals surface area contributed by atoms with Gasteiger partial charge in [-0.1, -0.05) is 12.1 Å². The van der Waals surface area contributed by atoms with Gasteiger partial charge in [0.15, 0.2) is 0 Å². The fourth-order valence-electron chi connectivity index (χ4n) is 2.07. The maximum absolute atomic E-state index is 9.46. The predicted octanol–water partition coefficient (Wildman–Crippen LogP) is 3.55. The number of hydrogen-bond donors (Lipinski definition) is 2. The molecule has 0 amide bonds. The van der Waals surface area contributed by atoms with E-state index >= 15 is 0 Å². The van der Waals surface area contributed by atoms with Crippen LogP contribution in [-0.4, -0.2) is 17.2 Å². The van der Waals surface area contributed by atoms with Crippen molar-refractivity contribution in [2.45, 2.75) is 0 Å². The molecule has 2 N–H and O–H groups in total. The standard InChI is InChI=1S/C15H13NO2/c1-18-13-4-2-3-10(8-13)15-9-11-7-12(17)5-6-14(11)16-15/h2-9,16-17H,1H3. The maximum atomic E-state index is 9.46. The highest BCUT2D eigenvalue weighted by Crippen LogP contribution is 2.28. The van der Waals surface area contributed by atoms with Crippen molar-refractivity contribution < 1.29 is 9.84 Å². The number of nitrogens with one attached hydrogen (secondary N) is 1. The molecule has 3 rings (SSSR count). The largest absolute Gasteiger partial charge is 0.508 e. The average molecular weight is 239 g/mol. The van der Waals surface area contributed by atoms with Crippen LogP contribution in [0.2, 0.25) is 0 Å². The summed E-state index contributed by atoms with van der Waals surface area (Å²) in [7, 11) is 1.66. The first-order valence-electron chi connectivity index (χ1n) is 5.72. The monoisotopic (exact) mass is 239 g/mol. The lowest BCUT2D eigenvalue weighted by molar-refractivity contribution is 0.415. The van der Waals surface area contributed by atoms with Gasteiger partial charge < -0.3 is 14.8 Å². The first-order chi connectivity index (χ1) is 8.76. The van der Waals surface area contributed by atoms with Gasteiger partial charge >= 0.3 is 0 Å². The first-order valence-corrected chi connectivity index (χ1v) is 5.72. The Balaban J connectivity index is 2.13. The summed E-state index contributed by atoms with van der Waals surface area (Å²) in [6.07, 6.45) is 0. The predicted molar refractivity (Wildman–Crippen MR) is 72.0 cm³/mol. The third-order valence-corrected chi connectivity index (χ3v) is 2.99. The summed E-state index contributed by atoms with van der Waals surface area (Å²) in [6.45, 7) is 0. The van der Waals surface area contributed by atoms with Crippen LogP contribution < -0.4 is 4.74 Å². The van der Waals surface area contributed by atoms with Crippen molar-refractivity contribution in [2.24, 2.45) is 0 Å². The number of ether oxygens (including phenoxy) is 1.